The first-order valence-corrected chi connectivity index (χ1v) is 14.6. The highest BCUT2D eigenvalue weighted by molar-refractivity contribution is 7.96. The fourth-order valence-electron chi connectivity index (χ4n) is 4.92. The number of rotatable bonds is 7. The van der Waals surface area contributed by atoms with Gasteiger partial charge in [0, 0.05) is 18.6 Å². The lowest BCUT2D eigenvalue weighted by Crippen LogP contribution is -2.46. The Hall–Kier alpha value is -1.81. The van der Waals surface area contributed by atoms with Gasteiger partial charge in [-0.25, -0.2) is 21.2 Å². The number of nitrogens with one attached hydrogen (secondary N) is 1. The lowest BCUT2D eigenvalue weighted by Gasteiger charge is -2.28. The first kappa shape index (κ1) is 24.3. The van der Waals surface area contributed by atoms with E-state index in [-0.39, 0.29) is 28.3 Å². The molecule has 33 heavy (non-hydrogen) atoms. The minimum absolute atomic E-state index is 0.166. The van der Waals surface area contributed by atoms with E-state index in [2.05, 4.69) is 5.32 Å². The molecule has 0 radical (unpaired) electrons. The number of halogens is 1. The van der Waals surface area contributed by atoms with Crippen LogP contribution in [0.5, 0.6) is 0 Å². The van der Waals surface area contributed by atoms with Crippen molar-refractivity contribution in [3.8, 4) is 0 Å². The van der Waals surface area contributed by atoms with E-state index in [0.29, 0.717) is 6.54 Å². The molecule has 1 heterocycles. The smallest absolute Gasteiger partial charge is 0.183 e. The van der Waals surface area contributed by atoms with Crippen LogP contribution in [-0.2, 0) is 32.5 Å². The molecule has 2 aliphatic rings. The molecule has 3 atom stereocenters. The molecule has 1 unspecified atom stereocenters. The molecule has 1 saturated heterocycles. The number of hydrogen-bond donors (Lipinski definition) is 1. The Morgan fingerprint density at radius 3 is 2.36 bits per heavy atom. The van der Waals surface area contributed by atoms with Crippen LogP contribution in [0.3, 0.4) is 0 Å². The number of nitrogens with zero attached hydrogens (tertiary/aromatic N) is 1. The summed E-state index contributed by atoms with van der Waals surface area (Å²) in [7, 11) is -3.58. The quantitative estimate of drug-likeness (QED) is 0.637. The van der Waals surface area contributed by atoms with Crippen molar-refractivity contribution < 1.29 is 21.2 Å². The summed E-state index contributed by atoms with van der Waals surface area (Å²) in [4.78, 5) is 2.15. The highest BCUT2D eigenvalue weighted by Gasteiger charge is 2.46. The van der Waals surface area contributed by atoms with Gasteiger partial charge in [-0.05, 0) is 80.7 Å². The van der Waals surface area contributed by atoms with Crippen LogP contribution >= 0.6 is 0 Å². The van der Waals surface area contributed by atoms with Crippen molar-refractivity contribution in [1.29, 1.82) is 0 Å². The Kier molecular flexibility index (Phi) is 6.96. The molecular weight excluding hydrogens is 463 g/mol. The molecule has 2 aromatic carbocycles. The van der Waals surface area contributed by atoms with Crippen LogP contribution in [0.4, 0.5) is 4.39 Å². The average molecular weight is 495 g/mol. The van der Waals surface area contributed by atoms with Gasteiger partial charge in [0.25, 0.3) is 0 Å². The minimum Gasteiger partial charge on any atom is -0.310 e. The molecule has 2 aromatic rings. The molecule has 0 aromatic heterocycles. The van der Waals surface area contributed by atoms with Gasteiger partial charge in [-0.1, -0.05) is 18.2 Å². The van der Waals surface area contributed by atoms with E-state index < -0.39 is 31.0 Å². The Bertz CT molecular complexity index is 1210. The zero-order chi connectivity index (χ0) is 23.8. The second-order valence-electron chi connectivity index (χ2n) is 9.34. The highest BCUT2D eigenvalue weighted by Crippen LogP contribution is 2.30. The third kappa shape index (κ3) is 5.31. The maximum atomic E-state index is 13.5. The van der Waals surface area contributed by atoms with Gasteiger partial charge in [0.1, 0.15) is 5.82 Å². The fourth-order valence-corrected chi connectivity index (χ4v) is 9.69. The van der Waals surface area contributed by atoms with Crippen molar-refractivity contribution in [3.05, 3.63) is 65.0 Å². The fraction of sp³-hybridized carbons (Fsp3) is 0.500. The summed E-state index contributed by atoms with van der Waals surface area (Å²) in [5, 5.41) is 2.18. The second kappa shape index (κ2) is 9.44. The molecule has 180 valence electrons. The van der Waals surface area contributed by atoms with Gasteiger partial charge in [-0.3, -0.25) is 0 Å². The van der Waals surface area contributed by atoms with Crippen molar-refractivity contribution in [2.24, 2.45) is 0 Å². The zero-order valence-electron chi connectivity index (χ0n) is 19.0. The minimum atomic E-state index is -3.84. The number of aryl methyl sites for hydroxylation is 2. The Labute approximate surface area is 196 Å². The van der Waals surface area contributed by atoms with Crippen LogP contribution < -0.4 is 5.32 Å². The largest absolute Gasteiger partial charge is 0.310 e. The SMILES string of the molecule is CN(C)C(CN[C@H]1CS(=O)(=O)C[C@@H]1S(=O)(=O)c1ccc2c(c1)CCCC2)c1ccc(F)cc1. The van der Waals surface area contributed by atoms with E-state index in [1.54, 1.807) is 24.3 Å². The number of hydrogen-bond acceptors (Lipinski definition) is 6. The Balaban J connectivity index is 1.57. The second-order valence-corrected chi connectivity index (χ2v) is 13.7. The van der Waals surface area contributed by atoms with E-state index >= 15 is 0 Å². The van der Waals surface area contributed by atoms with Crippen molar-refractivity contribution in [2.75, 3.05) is 32.1 Å². The molecule has 0 amide bonds. The summed E-state index contributed by atoms with van der Waals surface area (Å²) in [5.74, 6) is -0.930. The number of benzene rings is 2. The Morgan fingerprint density at radius 1 is 1.03 bits per heavy atom. The first-order chi connectivity index (χ1) is 15.6. The summed E-state index contributed by atoms with van der Waals surface area (Å²) in [6.45, 7) is 0.342. The predicted octanol–water partition coefficient (Wildman–Crippen LogP) is 2.54. The van der Waals surface area contributed by atoms with Crippen LogP contribution in [0.1, 0.15) is 35.6 Å². The molecule has 0 spiro atoms. The van der Waals surface area contributed by atoms with Crippen LogP contribution in [0.2, 0.25) is 0 Å². The van der Waals surface area contributed by atoms with E-state index in [4.69, 9.17) is 0 Å². The summed E-state index contributed by atoms with van der Waals surface area (Å²) in [5.41, 5.74) is 3.10. The van der Waals surface area contributed by atoms with Gasteiger partial charge in [0.2, 0.25) is 0 Å². The van der Waals surface area contributed by atoms with Gasteiger partial charge in [-0.15, -0.1) is 0 Å². The Morgan fingerprint density at radius 2 is 1.70 bits per heavy atom. The van der Waals surface area contributed by atoms with Gasteiger partial charge in [-0.2, -0.15) is 0 Å². The lowest BCUT2D eigenvalue weighted by atomic mass is 9.92. The summed E-state index contributed by atoms with van der Waals surface area (Å²) < 4.78 is 65.4. The van der Waals surface area contributed by atoms with Crippen LogP contribution in [0, 0.1) is 5.82 Å². The average Bonchev–Trinajstić information content (AvgIpc) is 3.09. The lowest BCUT2D eigenvalue weighted by molar-refractivity contribution is 0.281. The van der Waals surface area contributed by atoms with E-state index in [1.165, 1.54) is 17.7 Å². The zero-order valence-corrected chi connectivity index (χ0v) is 20.6. The molecule has 9 heteroatoms. The van der Waals surface area contributed by atoms with E-state index in [1.807, 2.05) is 25.1 Å². The third-order valence-corrected chi connectivity index (χ3v) is 10.9. The number of likely N-dealkylation sites (N-methyl/N-ethyl adjacent to an activating group) is 1. The van der Waals surface area contributed by atoms with Crippen molar-refractivity contribution in [3.63, 3.8) is 0 Å². The molecule has 6 nitrogen and oxygen atoms in total. The third-order valence-electron chi connectivity index (χ3n) is 6.80. The maximum absolute atomic E-state index is 13.5. The van der Waals surface area contributed by atoms with Crippen LogP contribution in [0.15, 0.2) is 47.4 Å². The molecule has 1 fully saturated rings. The van der Waals surface area contributed by atoms with Crippen molar-refractivity contribution in [2.45, 2.75) is 47.9 Å². The molecule has 4 rings (SSSR count). The van der Waals surface area contributed by atoms with Gasteiger partial charge in [0.15, 0.2) is 19.7 Å². The van der Waals surface area contributed by atoms with Crippen LogP contribution in [0.25, 0.3) is 0 Å². The van der Waals surface area contributed by atoms with Crippen molar-refractivity contribution >= 4 is 19.7 Å². The maximum Gasteiger partial charge on any atom is 0.183 e. The van der Waals surface area contributed by atoms with E-state index in [9.17, 15) is 21.2 Å². The van der Waals surface area contributed by atoms with Gasteiger partial charge < -0.3 is 10.2 Å². The summed E-state index contributed by atoms with van der Waals surface area (Å²) in [6, 6.07) is 10.5. The molecule has 0 bridgehead atoms. The molecular formula is C24H31FN2O4S2. The predicted molar refractivity (Wildman–Crippen MR) is 127 cm³/mol. The van der Waals surface area contributed by atoms with E-state index in [0.717, 1.165) is 36.8 Å². The van der Waals surface area contributed by atoms with Gasteiger partial charge >= 0.3 is 0 Å². The topological polar surface area (TPSA) is 83.6 Å². The number of fused-ring (bicyclic) bond motifs is 1. The normalized spacial score (nSPS) is 23.4. The summed E-state index contributed by atoms with van der Waals surface area (Å²) >= 11 is 0. The first-order valence-electron chi connectivity index (χ1n) is 11.3. The van der Waals surface area contributed by atoms with Crippen molar-refractivity contribution in [1.82, 2.24) is 10.2 Å². The summed E-state index contributed by atoms with van der Waals surface area (Å²) in [6.07, 6.45) is 3.94. The standard InChI is InChI=1S/C24H31FN2O4S2/c1-27(2)23(18-7-10-20(25)11-8-18)14-26-22-15-32(28,29)16-24(22)33(30,31)21-12-9-17-5-3-4-6-19(17)13-21/h7-13,22-24,26H,3-6,14-16H2,1-2H3/t22-,23?,24-/m0/s1. The molecule has 1 N–H and O–H groups in total. The van der Waals surface area contributed by atoms with Gasteiger partial charge in [0.05, 0.1) is 21.7 Å². The number of sulfone groups is 2. The van der Waals surface area contributed by atoms with Crippen LogP contribution in [-0.4, -0.2) is 65.2 Å². The molecule has 0 saturated carbocycles. The molecule has 1 aliphatic heterocycles. The highest BCUT2D eigenvalue weighted by atomic mass is 32.2. The monoisotopic (exact) mass is 494 g/mol. The molecule has 1 aliphatic carbocycles.